The van der Waals surface area contributed by atoms with Gasteiger partial charge in [0.25, 0.3) is 0 Å². The maximum absolute atomic E-state index is 13.7. The van der Waals surface area contributed by atoms with Gasteiger partial charge < -0.3 is 4.74 Å². The summed E-state index contributed by atoms with van der Waals surface area (Å²) in [6.45, 7) is 0. The van der Waals surface area contributed by atoms with Crippen molar-refractivity contribution < 1.29 is 9.13 Å². The van der Waals surface area contributed by atoms with E-state index in [4.69, 9.17) is 33.2 Å². The largest absolute Gasteiger partial charge is 0.454 e. The topological polar surface area (TPSA) is 33.0 Å². The lowest BCUT2D eigenvalue weighted by molar-refractivity contribution is 0.439. The molecule has 0 radical (unpaired) electrons. The number of alkyl halides is 1. The Labute approximate surface area is 119 Å². The van der Waals surface area contributed by atoms with Crippen LogP contribution in [0.3, 0.4) is 0 Å². The van der Waals surface area contributed by atoms with Crippen LogP contribution in [-0.2, 0) is 5.88 Å². The molecule has 0 fully saturated rings. The molecule has 0 aromatic heterocycles. The highest BCUT2D eigenvalue weighted by molar-refractivity contribution is 6.30. The van der Waals surface area contributed by atoms with E-state index >= 15 is 0 Å². The van der Waals surface area contributed by atoms with E-state index in [0.717, 1.165) is 6.07 Å². The smallest absolute Gasteiger partial charge is 0.167 e. The fraction of sp³-hybridized carbons (Fsp3) is 0.0714. The normalized spacial score (nSPS) is 10.0. The molecule has 0 saturated carbocycles. The van der Waals surface area contributed by atoms with Crippen LogP contribution in [-0.4, -0.2) is 0 Å². The summed E-state index contributed by atoms with van der Waals surface area (Å²) in [5.74, 6) is 0.0306. The minimum atomic E-state index is -0.612. The molecule has 0 N–H and O–H groups in total. The zero-order chi connectivity index (χ0) is 13.8. The van der Waals surface area contributed by atoms with Crippen molar-refractivity contribution in [3.05, 3.63) is 58.4 Å². The van der Waals surface area contributed by atoms with Gasteiger partial charge in [-0.1, -0.05) is 17.7 Å². The number of nitriles is 1. The third-order valence-corrected chi connectivity index (χ3v) is 2.98. The Hall–Kier alpha value is -1.76. The first-order chi connectivity index (χ1) is 9.13. The third-order valence-electron chi connectivity index (χ3n) is 2.45. The van der Waals surface area contributed by atoms with Crippen LogP contribution in [0.2, 0.25) is 5.02 Å². The van der Waals surface area contributed by atoms with E-state index in [-0.39, 0.29) is 17.2 Å². The number of halogens is 3. The number of rotatable bonds is 3. The molecule has 19 heavy (non-hydrogen) atoms. The molecule has 0 bridgehead atoms. The van der Waals surface area contributed by atoms with E-state index < -0.39 is 5.82 Å². The van der Waals surface area contributed by atoms with Crippen LogP contribution >= 0.6 is 23.2 Å². The molecule has 0 spiro atoms. The number of hydrogen-bond donors (Lipinski definition) is 0. The summed E-state index contributed by atoms with van der Waals surface area (Å²) in [5, 5.41) is 9.14. The molecule has 0 aliphatic carbocycles. The lowest BCUT2D eigenvalue weighted by atomic mass is 10.2. The van der Waals surface area contributed by atoms with E-state index in [1.165, 1.54) is 12.1 Å². The molecule has 0 saturated heterocycles. The van der Waals surface area contributed by atoms with Crippen molar-refractivity contribution >= 4 is 23.2 Å². The average Bonchev–Trinajstić information content (AvgIpc) is 2.41. The standard InChI is InChI=1S/C14H8Cl2FNO/c15-7-10-2-3-11(16)6-14(10)19-13-4-1-9(8-18)5-12(13)17/h1-6H,7H2. The minimum Gasteiger partial charge on any atom is -0.454 e. The molecule has 2 aromatic rings. The second kappa shape index (κ2) is 5.92. The van der Waals surface area contributed by atoms with Crippen LogP contribution in [0.25, 0.3) is 0 Å². The summed E-state index contributed by atoms with van der Waals surface area (Å²) < 4.78 is 19.2. The average molecular weight is 296 g/mol. The molecule has 0 aliphatic heterocycles. The van der Waals surface area contributed by atoms with Crippen molar-refractivity contribution in [2.75, 3.05) is 0 Å². The Bertz CT molecular complexity index is 652. The Morgan fingerprint density at radius 3 is 2.58 bits per heavy atom. The van der Waals surface area contributed by atoms with Gasteiger partial charge in [0, 0.05) is 10.6 Å². The Kier molecular flexibility index (Phi) is 4.26. The first-order valence-corrected chi connectivity index (χ1v) is 6.27. The molecular weight excluding hydrogens is 288 g/mol. The molecule has 0 heterocycles. The summed E-state index contributed by atoms with van der Waals surface area (Å²) in [7, 11) is 0. The van der Waals surface area contributed by atoms with Crippen LogP contribution in [0, 0.1) is 17.1 Å². The lowest BCUT2D eigenvalue weighted by Crippen LogP contribution is -1.93. The highest BCUT2D eigenvalue weighted by Crippen LogP contribution is 2.31. The molecule has 2 aromatic carbocycles. The van der Waals surface area contributed by atoms with Gasteiger partial charge in [-0.3, -0.25) is 0 Å². The van der Waals surface area contributed by atoms with Crippen LogP contribution in [0.15, 0.2) is 36.4 Å². The SMILES string of the molecule is N#Cc1ccc(Oc2cc(Cl)ccc2CCl)c(F)c1. The first-order valence-electron chi connectivity index (χ1n) is 5.36. The van der Waals surface area contributed by atoms with Crippen molar-refractivity contribution in [2.45, 2.75) is 5.88 Å². The predicted octanol–water partition coefficient (Wildman–Crippen LogP) is 4.88. The fourth-order valence-electron chi connectivity index (χ4n) is 1.51. The van der Waals surface area contributed by atoms with Crippen LogP contribution in [0.5, 0.6) is 11.5 Å². The maximum Gasteiger partial charge on any atom is 0.167 e. The highest BCUT2D eigenvalue weighted by atomic mass is 35.5. The number of nitrogens with zero attached hydrogens (tertiary/aromatic N) is 1. The van der Waals surface area contributed by atoms with E-state index in [9.17, 15) is 4.39 Å². The van der Waals surface area contributed by atoms with Crippen LogP contribution in [0.1, 0.15) is 11.1 Å². The lowest BCUT2D eigenvalue weighted by Gasteiger charge is -2.10. The quantitative estimate of drug-likeness (QED) is 0.756. The molecule has 96 valence electrons. The van der Waals surface area contributed by atoms with E-state index in [1.807, 2.05) is 6.07 Å². The number of benzene rings is 2. The van der Waals surface area contributed by atoms with E-state index in [0.29, 0.717) is 16.3 Å². The summed E-state index contributed by atoms with van der Waals surface area (Å²) in [5.41, 5.74) is 0.934. The highest BCUT2D eigenvalue weighted by Gasteiger charge is 2.09. The summed E-state index contributed by atoms with van der Waals surface area (Å²) in [6, 6.07) is 10.8. The van der Waals surface area contributed by atoms with Crippen molar-refractivity contribution in [3.8, 4) is 17.6 Å². The van der Waals surface area contributed by atoms with Crippen molar-refractivity contribution in [1.29, 1.82) is 5.26 Å². The molecule has 0 aliphatic rings. The first kappa shape index (κ1) is 13.7. The third kappa shape index (κ3) is 3.17. The Morgan fingerprint density at radius 1 is 1.16 bits per heavy atom. The van der Waals surface area contributed by atoms with E-state index in [1.54, 1.807) is 18.2 Å². The molecule has 2 nitrogen and oxygen atoms in total. The van der Waals surface area contributed by atoms with Crippen molar-refractivity contribution in [3.63, 3.8) is 0 Å². The molecule has 2 rings (SSSR count). The van der Waals surface area contributed by atoms with Gasteiger partial charge in [-0.05, 0) is 30.3 Å². The van der Waals surface area contributed by atoms with Gasteiger partial charge in [0.15, 0.2) is 11.6 Å². The zero-order valence-electron chi connectivity index (χ0n) is 9.66. The molecular formula is C14H8Cl2FNO. The second-order valence-corrected chi connectivity index (χ2v) is 4.45. The summed E-state index contributed by atoms with van der Waals surface area (Å²) in [4.78, 5) is 0. The van der Waals surface area contributed by atoms with Gasteiger partial charge in [0.1, 0.15) is 5.75 Å². The summed E-state index contributed by atoms with van der Waals surface area (Å²) in [6.07, 6.45) is 0. The second-order valence-electron chi connectivity index (χ2n) is 3.74. The Balaban J connectivity index is 2.36. The summed E-state index contributed by atoms with van der Waals surface area (Å²) >= 11 is 11.6. The van der Waals surface area contributed by atoms with Gasteiger partial charge in [0.2, 0.25) is 0 Å². The van der Waals surface area contributed by atoms with Crippen LogP contribution in [0.4, 0.5) is 4.39 Å². The van der Waals surface area contributed by atoms with Gasteiger partial charge in [-0.25, -0.2) is 4.39 Å². The van der Waals surface area contributed by atoms with Gasteiger partial charge in [0.05, 0.1) is 17.5 Å². The number of hydrogen-bond acceptors (Lipinski definition) is 2. The Morgan fingerprint density at radius 2 is 1.95 bits per heavy atom. The monoisotopic (exact) mass is 295 g/mol. The van der Waals surface area contributed by atoms with Gasteiger partial charge in [-0.15, -0.1) is 11.6 Å². The number of ether oxygens (including phenoxy) is 1. The molecule has 0 unspecified atom stereocenters. The fourth-order valence-corrected chi connectivity index (χ4v) is 1.89. The van der Waals surface area contributed by atoms with Crippen molar-refractivity contribution in [2.24, 2.45) is 0 Å². The van der Waals surface area contributed by atoms with Crippen molar-refractivity contribution in [1.82, 2.24) is 0 Å². The predicted molar refractivity (Wildman–Crippen MR) is 72.2 cm³/mol. The molecule has 0 atom stereocenters. The van der Waals surface area contributed by atoms with Gasteiger partial charge in [-0.2, -0.15) is 5.26 Å². The van der Waals surface area contributed by atoms with Gasteiger partial charge >= 0.3 is 0 Å². The minimum absolute atomic E-state index is 0.0210. The van der Waals surface area contributed by atoms with E-state index in [2.05, 4.69) is 0 Å². The molecule has 5 heteroatoms. The molecule has 0 amide bonds. The zero-order valence-corrected chi connectivity index (χ0v) is 11.2. The van der Waals surface area contributed by atoms with Crippen LogP contribution < -0.4 is 4.74 Å². The maximum atomic E-state index is 13.7.